The lowest BCUT2D eigenvalue weighted by Gasteiger charge is -2.09. The van der Waals surface area contributed by atoms with Crippen LogP contribution in [0.15, 0.2) is 77.4 Å². The van der Waals surface area contributed by atoms with E-state index in [2.05, 4.69) is 6.26 Å². The Morgan fingerprint density at radius 1 is 0.760 bits per heavy atom. The van der Waals surface area contributed by atoms with Gasteiger partial charge in [0, 0.05) is 11.1 Å². The predicted octanol–water partition coefficient (Wildman–Crippen LogP) is 6.59. The molecule has 0 atom stereocenters. The Bertz CT molecular complexity index is 1040. The first-order valence-corrected chi connectivity index (χ1v) is 7.68. The van der Waals surface area contributed by atoms with Gasteiger partial charge in [0.05, 0.1) is 11.8 Å². The maximum Gasteiger partial charge on any atom is 0.416 e. The van der Waals surface area contributed by atoms with Crippen LogP contribution >= 0.6 is 0 Å². The molecule has 0 N–H and O–H groups in total. The molecule has 1 aromatic heterocycles. The molecule has 25 heavy (non-hydrogen) atoms. The van der Waals surface area contributed by atoms with Crippen molar-refractivity contribution in [3.05, 3.63) is 84.8 Å². The molecule has 123 valence electrons. The Labute approximate surface area is 142 Å². The third-order valence-electron chi connectivity index (χ3n) is 4.15. The molecule has 0 unspecified atom stereocenters. The van der Waals surface area contributed by atoms with Gasteiger partial charge in [-0.25, -0.2) is 0 Å². The average Bonchev–Trinajstić information content (AvgIpc) is 3.10. The largest absolute Gasteiger partial charge is 0.460 e. The van der Waals surface area contributed by atoms with Crippen LogP contribution in [0.4, 0.5) is 13.2 Å². The number of benzene rings is 3. The quantitative estimate of drug-likeness (QED) is 0.402. The molecular weight excluding hydrogens is 325 g/mol. The maximum absolute atomic E-state index is 13.0. The first kappa shape index (κ1) is 15.5. The second-order valence-corrected chi connectivity index (χ2v) is 5.77. The number of halogens is 3. The zero-order valence-electron chi connectivity index (χ0n) is 13.0. The summed E-state index contributed by atoms with van der Waals surface area (Å²) in [5, 5.41) is 2.15. The minimum atomic E-state index is -4.39. The lowest BCUT2D eigenvalue weighted by Crippen LogP contribution is -2.04. The number of fused-ring (bicyclic) bond motifs is 1. The van der Waals surface area contributed by atoms with Crippen LogP contribution in [-0.2, 0) is 6.18 Å². The molecule has 4 rings (SSSR count). The molecule has 1 heterocycles. The van der Waals surface area contributed by atoms with E-state index in [9.17, 15) is 13.2 Å². The summed E-state index contributed by atoms with van der Waals surface area (Å²) in [6, 6.07) is 19.0. The van der Waals surface area contributed by atoms with Crippen molar-refractivity contribution in [2.45, 2.75) is 6.18 Å². The summed E-state index contributed by atoms with van der Waals surface area (Å²) >= 11 is 0. The molecule has 0 aliphatic carbocycles. The molecule has 4 aromatic rings. The highest BCUT2D eigenvalue weighted by Gasteiger charge is 2.30. The third kappa shape index (κ3) is 2.91. The maximum atomic E-state index is 13.0. The zero-order valence-corrected chi connectivity index (χ0v) is 13.0. The molecule has 0 saturated heterocycles. The van der Waals surface area contributed by atoms with E-state index in [1.165, 1.54) is 12.3 Å². The molecule has 0 spiro atoms. The highest BCUT2D eigenvalue weighted by Crippen LogP contribution is 2.37. The molecule has 3 aromatic carbocycles. The van der Waals surface area contributed by atoms with Crippen molar-refractivity contribution in [2.24, 2.45) is 0 Å². The van der Waals surface area contributed by atoms with Crippen LogP contribution in [0.25, 0.3) is 33.0 Å². The third-order valence-corrected chi connectivity index (χ3v) is 4.15. The summed E-state index contributed by atoms with van der Waals surface area (Å²) in [6.07, 6.45) is -0.168. The normalized spacial score (nSPS) is 11.8. The summed E-state index contributed by atoms with van der Waals surface area (Å²) in [4.78, 5) is 0. The van der Waals surface area contributed by atoms with Crippen LogP contribution in [0, 0.1) is 6.26 Å². The van der Waals surface area contributed by atoms with E-state index in [1.54, 1.807) is 6.07 Å². The van der Waals surface area contributed by atoms with Crippen LogP contribution < -0.4 is 0 Å². The van der Waals surface area contributed by atoms with Crippen molar-refractivity contribution in [3.63, 3.8) is 0 Å². The molecular formula is C21H12F3O. The summed E-state index contributed by atoms with van der Waals surface area (Å²) in [5.41, 5.74) is 1.83. The fourth-order valence-electron chi connectivity index (χ4n) is 2.90. The van der Waals surface area contributed by atoms with Gasteiger partial charge in [0.1, 0.15) is 0 Å². The first-order chi connectivity index (χ1) is 12.0. The van der Waals surface area contributed by atoms with Gasteiger partial charge in [0.25, 0.3) is 0 Å². The Morgan fingerprint density at radius 2 is 1.56 bits per heavy atom. The number of hydrogen-bond donors (Lipinski definition) is 0. The molecule has 1 radical (unpaired) electrons. The van der Waals surface area contributed by atoms with Gasteiger partial charge in [-0.1, -0.05) is 48.5 Å². The van der Waals surface area contributed by atoms with E-state index in [0.29, 0.717) is 16.7 Å². The SMILES string of the molecule is FC(F)(F)c1cccc(-c2[c]occ2-c2ccc3ccccc3c2)c1. The molecule has 0 aliphatic rings. The second-order valence-electron chi connectivity index (χ2n) is 5.77. The van der Waals surface area contributed by atoms with Crippen molar-refractivity contribution in [1.29, 1.82) is 0 Å². The fraction of sp³-hybridized carbons (Fsp3) is 0.0476. The highest BCUT2D eigenvalue weighted by atomic mass is 19.4. The molecule has 0 amide bonds. The molecule has 0 aliphatic heterocycles. The molecule has 0 fully saturated rings. The average molecular weight is 337 g/mol. The number of rotatable bonds is 2. The van der Waals surface area contributed by atoms with Crippen molar-refractivity contribution in [2.75, 3.05) is 0 Å². The van der Waals surface area contributed by atoms with Crippen LogP contribution in [-0.4, -0.2) is 0 Å². The van der Waals surface area contributed by atoms with Crippen LogP contribution in [0.1, 0.15) is 5.56 Å². The highest BCUT2D eigenvalue weighted by molar-refractivity contribution is 5.90. The lowest BCUT2D eigenvalue weighted by atomic mass is 9.96. The smallest absolute Gasteiger partial charge is 0.416 e. The standard InChI is InChI=1S/C21H12F3O/c22-21(23,24)18-7-3-6-16(11-18)19-12-25-13-20(19)17-9-8-14-4-1-2-5-15(14)10-17/h1-11,13H. The fourth-order valence-corrected chi connectivity index (χ4v) is 2.90. The van der Waals surface area contributed by atoms with Gasteiger partial charge in [0.2, 0.25) is 0 Å². The number of alkyl halides is 3. The monoisotopic (exact) mass is 337 g/mol. The van der Waals surface area contributed by atoms with Crippen LogP contribution in [0.3, 0.4) is 0 Å². The topological polar surface area (TPSA) is 13.1 Å². The van der Waals surface area contributed by atoms with Gasteiger partial charge in [0.15, 0.2) is 6.26 Å². The van der Waals surface area contributed by atoms with E-state index in [0.717, 1.165) is 28.5 Å². The molecule has 1 nitrogen and oxygen atoms in total. The van der Waals surface area contributed by atoms with Gasteiger partial charge in [-0.3, -0.25) is 0 Å². The minimum absolute atomic E-state index is 0.423. The molecule has 0 saturated carbocycles. The van der Waals surface area contributed by atoms with E-state index >= 15 is 0 Å². The van der Waals surface area contributed by atoms with Gasteiger partial charge in [-0.05, 0) is 40.1 Å². The minimum Gasteiger partial charge on any atom is -0.460 e. The van der Waals surface area contributed by atoms with Gasteiger partial charge in [-0.2, -0.15) is 13.2 Å². The van der Waals surface area contributed by atoms with E-state index in [4.69, 9.17) is 4.42 Å². The molecule has 4 heteroatoms. The van der Waals surface area contributed by atoms with Crippen molar-refractivity contribution >= 4 is 10.8 Å². The zero-order chi connectivity index (χ0) is 17.4. The van der Waals surface area contributed by atoms with Crippen molar-refractivity contribution in [3.8, 4) is 22.3 Å². The lowest BCUT2D eigenvalue weighted by molar-refractivity contribution is -0.137. The Morgan fingerprint density at radius 3 is 2.36 bits per heavy atom. The Hall–Kier alpha value is -3.01. The second kappa shape index (κ2) is 5.81. The summed E-state index contributed by atoms with van der Waals surface area (Å²) in [6.45, 7) is 0. The van der Waals surface area contributed by atoms with E-state index in [1.807, 2.05) is 42.5 Å². The first-order valence-electron chi connectivity index (χ1n) is 7.68. The van der Waals surface area contributed by atoms with Gasteiger partial charge in [-0.15, -0.1) is 0 Å². The Balaban J connectivity index is 1.83. The van der Waals surface area contributed by atoms with Gasteiger partial charge < -0.3 is 4.42 Å². The van der Waals surface area contributed by atoms with Crippen LogP contribution in [0.5, 0.6) is 0 Å². The van der Waals surface area contributed by atoms with E-state index in [-0.39, 0.29) is 0 Å². The van der Waals surface area contributed by atoms with Crippen molar-refractivity contribution < 1.29 is 17.6 Å². The van der Waals surface area contributed by atoms with Crippen LogP contribution in [0.2, 0.25) is 0 Å². The predicted molar refractivity (Wildman–Crippen MR) is 90.9 cm³/mol. The molecule has 0 bridgehead atoms. The summed E-state index contributed by atoms with van der Waals surface area (Å²) < 4.78 is 44.1. The van der Waals surface area contributed by atoms with E-state index < -0.39 is 11.7 Å². The van der Waals surface area contributed by atoms with Gasteiger partial charge >= 0.3 is 6.18 Å². The summed E-state index contributed by atoms with van der Waals surface area (Å²) in [5.74, 6) is 0. The summed E-state index contributed by atoms with van der Waals surface area (Å²) in [7, 11) is 0. The van der Waals surface area contributed by atoms with Crippen molar-refractivity contribution in [1.82, 2.24) is 0 Å². The Kier molecular flexibility index (Phi) is 3.61. The number of hydrogen-bond acceptors (Lipinski definition) is 1. The number of furan rings is 1.